The molecule has 0 bridgehead atoms. The molecule has 116 valence electrons. The van der Waals surface area contributed by atoms with Crippen LogP contribution in [0.1, 0.15) is 28.9 Å². The van der Waals surface area contributed by atoms with E-state index in [1.54, 1.807) is 18.5 Å². The van der Waals surface area contributed by atoms with Gasteiger partial charge in [0.1, 0.15) is 0 Å². The number of benzene rings is 1. The van der Waals surface area contributed by atoms with Crippen molar-refractivity contribution < 1.29 is 4.79 Å². The maximum Gasteiger partial charge on any atom is 0.256 e. The minimum Gasteiger partial charge on any atom is -0.379 e. The number of halogens is 1. The summed E-state index contributed by atoms with van der Waals surface area (Å²) >= 11 is 6.08. The van der Waals surface area contributed by atoms with E-state index < -0.39 is 0 Å². The van der Waals surface area contributed by atoms with Crippen LogP contribution in [0.2, 0.25) is 5.02 Å². The maximum atomic E-state index is 12.7. The third kappa shape index (κ3) is 3.09. The lowest BCUT2D eigenvalue weighted by molar-refractivity contribution is 0.0793. The van der Waals surface area contributed by atoms with Crippen LogP contribution in [0.25, 0.3) is 0 Å². The summed E-state index contributed by atoms with van der Waals surface area (Å²) in [7, 11) is 1.95. The van der Waals surface area contributed by atoms with Crippen LogP contribution in [-0.4, -0.2) is 33.4 Å². The Kier molecular flexibility index (Phi) is 4.34. The van der Waals surface area contributed by atoms with Crippen LogP contribution >= 0.6 is 11.6 Å². The first-order valence-electron chi connectivity index (χ1n) is 7.43. The van der Waals surface area contributed by atoms with E-state index in [4.69, 9.17) is 11.6 Å². The summed E-state index contributed by atoms with van der Waals surface area (Å²) in [5, 5.41) is 3.90. The number of hydrogen-bond donors (Lipinski definition) is 1. The second kappa shape index (κ2) is 6.40. The molecule has 0 atom stereocenters. The number of amides is 1. The zero-order valence-corrected chi connectivity index (χ0v) is 13.3. The minimum atomic E-state index is 0.0486. The highest BCUT2D eigenvalue weighted by molar-refractivity contribution is 6.31. The summed E-state index contributed by atoms with van der Waals surface area (Å²) in [6, 6.07) is 5.41. The molecule has 1 saturated heterocycles. The molecule has 2 aromatic rings. The molecule has 22 heavy (non-hydrogen) atoms. The van der Waals surface area contributed by atoms with Gasteiger partial charge in [-0.3, -0.25) is 4.79 Å². The molecular weight excluding hydrogens is 300 g/mol. The highest BCUT2D eigenvalue weighted by atomic mass is 35.5. The Labute approximate surface area is 134 Å². The topological polar surface area (TPSA) is 50.2 Å². The molecule has 1 aromatic heterocycles. The van der Waals surface area contributed by atoms with E-state index in [1.165, 1.54) is 0 Å². The number of rotatable bonds is 4. The van der Waals surface area contributed by atoms with Gasteiger partial charge in [-0.25, -0.2) is 4.98 Å². The largest absolute Gasteiger partial charge is 0.379 e. The van der Waals surface area contributed by atoms with Gasteiger partial charge in [0, 0.05) is 37.0 Å². The van der Waals surface area contributed by atoms with Crippen molar-refractivity contribution in [1.29, 1.82) is 0 Å². The van der Waals surface area contributed by atoms with Gasteiger partial charge >= 0.3 is 0 Å². The molecule has 0 aliphatic carbocycles. The van der Waals surface area contributed by atoms with Crippen molar-refractivity contribution in [1.82, 2.24) is 14.5 Å². The van der Waals surface area contributed by atoms with Crippen LogP contribution in [0.5, 0.6) is 0 Å². The number of carbonyl (C=O) groups excluding carboxylic acids is 1. The zero-order valence-electron chi connectivity index (χ0n) is 12.6. The van der Waals surface area contributed by atoms with E-state index in [0.717, 1.165) is 37.3 Å². The summed E-state index contributed by atoms with van der Waals surface area (Å²) < 4.78 is 1.95. The Morgan fingerprint density at radius 1 is 1.36 bits per heavy atom. The summed E-state index contributed by atoms with van der Waals surface area (Å²) in [6.45, 7) is 2.26. The molecule has 1 aliphatic rings. The minimum absolute atomic E-state index is 0.0486. The number of aromatic nitrogens is 2. The van der Waals surface area contributed by atoms with Gasteiger partial charge in [-0.1, -0.05) is 11.6 Å². The predicted octanol–water partition coefficient (Wildman–Crippen LogP) is 2.92. The highest BCUT2D eigenvalue weighted by Crippen LogP contribution is 2.24. The van der Waals surface area contributed by atoms with Gasteiger partial charge in [0.05, 0.1) is 24.1 Å². The van der Waals surface area contributed by atoms with Gasteiger partial charge in [-0.15, -0.1) is 0 Å². The van der Waals surface area contributed by atoms with Crippen molar-refractivity contribution in [3.63, 3.8) is 0 Å². The fraction of sp³-hybridized carbons (Fsp3) is 0.375. The van der Waals surface area contributed by atoms with Gasteiger partial charge in [0.2, 0.25) is 0 Å². The molecule has 3 rings (SSSR count). The third-order valence-electron chi connectivity index (χ3n) is 3.98. The van der Waals surface area contributed by atoms with Gasteiger partial charge < -0.3 is 14.8 Å². The van der Waals surface area contributed by atoms with Crippen LogP contribution in [0, 0.1) is 0 Å². The van der Waals surface area contributed by atoms with Crippen LogP contribution in [0.3, 0.4) is 0 Å². The molecule has 0 unspecified atom stereocenters. The standard InChI is InChI=1S/C16H19ClN4O/c1-20-11-18-9-13(20)10-19-15-5-4-12(17)8-14(15)16(22)21-6-2-3-7-21/h4-5,8-9,11,19H,2-3,6-7,10H2,1H3. The predicted molar refractivity (Wildman–Crippen MR) is 87.1 cm³/mol. The van der Waals surface area contributed by atoms with E-state index in [1.807, 2.05) is 28.8 Å². The second-order valence-corrected chi connectivity index (χ2v) is 5.98. The van der Waals surface area contributed by atoms with Gasteiger partial charge in [0.25, 0.3) is 5.91 Å². The fourth-order valence-corrected chi connectivity index (χ4v) is 2.85. The first-order chi connectivity index (χ1) is 10.6. The van der Waals surface area contributed by atoms with Crippen molar-refractivity contribution in [3.8, 4) is 0 Å². The average molecular weight is 319 g/mol. The van der Waals surface area contributed by atoms with Gasteiger partial charge in [-0.05, 0) is 31.0 Å². The van der Waals surface area contributed by atoms with Crippen LogP contribution < -0.4 is 5.32 Å². The molecule has 0 radical (unpaired) electrons. The average Bonchev–Trinajstić information content (AvgIpc) is 3.17. The number of anilines is 1. The number of carbonyl (C=O) groups is 1. The van der Waals surface area contributed by atoms with Crippen molar-refractivity contribution in [2.75, 3.05) is 18.4 Å². The van der Waals surface area contributed by atoms with Crippen LogP contribution in [0.4, 0.5) is 5.69 Å². The number of nitrogens with zero attached hydrogens (tertiary/aromatic N) is 3. The summed E-state index contributed by atoms with van der Waals surface area (Å²) in [5.41, 5.74) is 2.49. The number of hydrogen-bond acceptors (Lipinski definition) is 3. The molecule has 6 heteroatoms. The Morgan fingerprint density at radius 2 is 2.14 bits per heavy atom. The number of likely N-dealkylation sites (tertiary alicyclic amines) is 1. The monoisotopic (exact) mass is 318 g/mol. The Bertz CT molecular complexity index is 677. The maximum absolute atomic E-state index is 12.7. The van der Waals surface area contributed by atoms with E-state index in [9.17, 15) is 4.79 Å². The number of aryl methyl sites for hydroxylation is 1. The lowest BCUT2D eigenvalue weighted by Gasteiger charge is -2.18. The van der Waals surface area contributed by atoms with Crippen LogP contribution in [-0.2, 0) is 13.6 Å². The van der Waals surface area contributed by atoms with E-state index >= 15 is 0 Å². The van der Waals surface area contributed by atoms with Crippen molar-refractivity contribution in [2.45, 2.75) is 19.4 Å². The molecule has 0 spiro atoms. The summed E-state index contributed by atoms with van der Waals surface area (Å²) in [6.07, 6.45) is 5.72. The summed E-state index contributed by atoms with van der Waals surface area (Å²) in [5.74, 6) is 0.0486. The molecule has 1 aliphatic heterocycles. The van der Waals surface area contributed by atoms with Crippen molar-refractivity contribution in [3.05, 3.63) is 47.0 Å². The first-order valence-corrected chi connectivity index (χ1v) is 7.81. The summed E-state index contributed by atoms with van der Waals surface area (Å²) in [4.78, 5) is 18.6. The molecule has 0 saturated carbocycles. The Morgan fingerprint density at radius 3 is 2.82 bits per heavy atom. The van der Waals surface area contributed by atoms with Gasteiger partial charge in [0.15, 0.2) is 0 Å². The van der Waals surface area contributed by atoms with E-state index in [-0.39, 0.29) is 5.91 Å². The molecule has 2 heterocycles. The fourth-order valence-electron chi connectivity index (χ4n) is 2.68. The van der Waals surface area contributed by atoms with E-state index in [0.29, 0.717) is 17.1 Å². The Balaban J connectivity index is 1.81. The van der Waals surface area contributed by atoms with Crippen molar-refractivity contribution >= 4 is 23.2 Å². The van der Waals surface area contributed by atoms with Gasteiger partial charge in [-0.2, -0.15) is 0 Å². The molecular formula is C16H19ClN4O. The zero-order chi connectivity index (χ0) is 15.5. The lowest BCUT2D eigenvalue weighted by atomic mass is 10.1. The number of nitrogens with one attached hydrogen (secondary N) is 1. The first kappa shape index (κ1) is 14.9. The Hall–Kier alpha value is -2.01. The molecule has 1 amide bonds. The van der Waals surface area contributed by atoms with Crippen molar-refractivity contribution in [2.24, 2.45) is 7.05 Å². The highest BCUT2D eigenvalue weighted by Gasteiger charge is 2.22. The molecule has 1 aromatic carbocycles. The SMILES string of the molecule is Cn1cncc1CNc1ccc(Cl)cc1C(=O)N1CCCC1. The van der Waals surface area contributed by atoms with Crippen LogP contribution in [0.15, 0.2) is 30.7 Å². The number of imidazole rings is 1. The smallest absolute Gasteiger partial charge is 0.256 e. The molecule has 5 nitrogen and oxygen atoms in total. The molecule has 1 fully saturated rings. The van der Waals surface area contributed by atoms with E-state index in [2.05, 4.69) is 10.3 Å². The third-order valence-corrected chi connectivity index (χ3v) is 4.22. The quantitative estimate of drug-likeness (QED) is 0.943. The lowest BCUT2D eigenvalue weighted by Crippen LogP contribution is -2.28. The normalized spacial score (nSPS) is 14.4. The molecule has 1 N–H and O–H groups in total. The second-order valence-electron chi connectivity index (χ2n) is 5.54.